The molecule has 0 atom stereocenters. The molecule has 2 aromatic carbocycles. The van der Waals surface area contributed by atoms with Crippen molar-refractivity contribution in [2.45, 2.75) is 0 Å². The van der Waals surface area contributed by atoms with Crippen LogP contribution in [0.5, 0.6) is 5.75 Å². The molecule has 0 bridgehead atoms. The van der Waals surface area contributed by atoms with Crippen LogP contribution in [0, 0.1) is 11.3 Å². The zero-order valence-corrected chi connectivity index (χ0v) is 15.2. The van der Waals surface area contributed by atoms with Crippen molar-refractivity contribution in [1.29, 1.82) is 5.26 Å². The van der Waals surface area contributed by atoms with Crippen LogP contribution in [0.15, 0.2) is 40.9 Å². The smallest absolute Gasteiger partial charge is 0.341 e. The highest BCUT2D eigenvalue weighted by Crippen LogP contribution is 2.30. The number of hydrogen-bond donors (Lipinski definition) is 1. The van der Waals surface area contributed by atoms with E-state index in [-0.39, 0.29) is 0 Å². The molecule has 122 valence electrons. The highest BCUT2D eigenvalue weighted by Gasteiger charge is 2.07. The Labute approximate surface area is 157 Å². The van der Waals surface area contributed by atoms with Gasteiger partial charge in [-0.05, 0) is 57.4 Å². The van der Waals surface area contributed by atoms with Gasteiger partial charge in [0.1, 0.15) is 5.75 Å². The van der Waals surface area contributed by atoms with Gasteiger partial charge >= 0.3 is 5.97 Å². The predicted molar refractivity (Wildman–Crippen MR) is 97.2 cm³/mol. The largest absolute Gasteiger partial charge is 0.481 e. The summed E-state index contributed by atoms with van der Waals surface area (Å²) in [5.74, 6) is -0.653. The van der Waals surface area contributed by atoms with Gasteiger partial charge in [-0.3, -0.25) is 0 Å². The number of nitriles is 1. The molecule has 0 unspecified atom stereocenters. The molecule has 2 rings (SSSR count). The fourth-order valence-electron chi connectivity index (χ4n) is 1.87. The molecule has 0 heterocycles. The van der Waals surface area contributed by atoms with E-state index in [1.54, 1.807) is 42.5 Å². The van der Waals surface area contributed by atoms with Crippen molar-refractivity contribution in [2.24, 2.45) is 0 Å². The first-order valence-corrected chi connectivity index (χ1v) is 8.17. The van der Waals surface area contributed by atoms with Gasteiger partial charge in [-0.2, -0.15) is 5.26 Å². The molecule has 2 aromatic rings. The topological polar surface area (TPSA) is 70.3 Å². The Kier molecular flexibility index (Phi) is 6.27. The molecular weight excluding hydrogens is 417 g/mol. The van der Waals surface area contributed by atoms with Crippen molar-refractivity contribution >= 4 is 56.8 Å². The van der Waals surface area contributed by atoms with Crippen molar-refractivity contribution in [2.75, 3.05) is 6.61 Å². The van der Waals surface area contributed by atoms with E-state index in [0.717, 1.165) is 5.56 Å². The maximum absolute atomic E-state index is 10.5. The second-order valence-electron chi connectivity index (χ2n) is 4.67. The number of halogens is 3. The average molecular weight is 427 g/mol. The van der Waals surface area contributed by atoms with E-state index in [1.165, 1.54) is 0 Å². The van der Waals surface area contributed by atoms with E-state index >= 15 is 0 Å². The van der Waals surface area contributed by atoms with Gasteiger partial charge in [0, 0.05) is 0 Å². The molecule has 1 N–H and O–H groups in total. The number of ether oxygens (including phenoxy) is 1. The standard InChI is InChI=1S/C17H10BrCl2NO3/c18-13-6-10(1-4-16(13)24-9-17(22)23)5-12(8-21)11-2-3-14(19)15(20)7-11/h1-7H,9H2,(H,22,23)/b12-5+. The maximum Gasteiger partial charge on any atom is 0.341 e. The summed E-state index contributed by atoms with van der Waals surface area (Å²) < 4.78 is 5.72. The first kappa shape index (κ1) is 18.3. The molecule has 0 saturated heterocycles. The number of aliphatic carboxylic acids is 1. The van der Waals surface area contributed by atoms with Crippen LogP contribution in [-0.4, -0.2) is 17.7 Å². The normalized spacial score (nSPS) is 11.0. The lowest BCUT2D eigenvalue weighted by atomic mass is 10.0. The van der Waals surface area contributed by atoms with Gasteiger partial charge in [0.15, 0.2) is 6.61 Å². The third kappa shape index (κ3) is 4.75. The van der Waals surface area contributed by atoms with Crippen molar-refractivity contribution in [3.63, 3.8) is 0 Å². The van der Waals surface area contributed by atoms with E-state index < -0.39 is 12.6 Å². The second-order valence-corrected chi connectivity index (χ2v) is 6.34. The number of nitrogens with zero attached hydrogens (tertiary/aromatic N) is 1. The van der Waals surface area contributed by atoms with Crippen LogP contribution in [0.25, 0.3) is 11.6 Å². The van der Waals surface area contributed by atoms with Gasteiger partial charge in [-0.25, -0.2) is 4.79 Å². The third-order valence-electron chi connectivity index (χ3n) is 2.97. The van der Waals surface area contributed by atoms with E-state index in [1.807, 2.05) is 0 Å². The number of benzene rings is 2. The van der Waals surface area contributed by atoms with E-state index in [4.69, 9.17) is 33.0 Å². The van der Waals surface area contributed by atoms with Gasteiger partial charge in [0.2, 0.25) is 0 Å². The Hall–Kier alpha value is -2.00. The van der Waals surface area contributed by atoms with Gasteiger partial charge in [-0.15, -0.1) is 0 Å². The van der Waals surface area contributed by atoms with Crippen LogP contribution < -0.4 is 4.74 Å². The summed E-state index contributed by atoms with van der Waals surface area (Å²) in [5, 5.41) is 18.8. The summed E-state index contributed by atoms with van der Waals surface area (Å²) >= 11 is 15.2. The van der Waals surface area contributed by atoms with Crippen molar-refractivity contribution in [1.82, 2.24) is 0 Å². The first-order valence-electron chi connectivity index (χ1n) is 6.62. The lowest BCUT2D eigenvalue weighted by Crippen LogP contribution is -2.09. The maximum atomic E-state index is 10.5. The molecule has 0 aromatic heterocycles. The molecule has 0 aliphatic heterocycles. The van der Waals surface area contributed by atoms with Crippen LogP contribution in [0.1, 0.15) is 11.1 Å². The molecule has 0 aliphatic carbocycles. The van der Waals surface area contributed by atoms with Crippen LogP contribution in [0.4, 0.5) is 0 Å². The average Bonchev–Trinajstić information content (AvgIpc) is 2.54. The summed E-state index contributed by atoms with van der Waals surface area (Å²) in [7, 11) is 0. The molecule has 24 heavy (non-hydrogen) atoms. The van der Waals surface area contributed by atoms with E-state index in [9.17, 15) is 10.1 Å². The summed E-state index contributed by atoms with van der Waals surface area (Å²) in [4.78, 5) is 10.5. The van der Waals surface area contributed by atoms with E-state index in [2.05, 4.69) is 22.0 Å². The number of carboxylic acids is 1. The number of allylic oxidation sites excluding steroid dienone is 1. The van der Waals surface area contributed by atoms with Crippen molar-refractivity contribution in [3.05, 3.63) is 62.0 Å². The zero-order chi connectivity index (χ0) is 17.7. The Morgan fingerprint density at radius 1 is 1.25 bits per heavy atom. The molecule has 0 spiro atoms. The molecule has 4 nitrogen and oxygen atoms in total. The Morgan fingerprint density at radius 2 is 2.00 bits per heavy atom. The minimum Gasteiger partial charge on any atom is -0.481 e. The Balaban J connectivity index is 2.31. The lowest BCUT2D eigenvalue weighted by molar-refractivity contribution is -0.139. The van der Waals surface area contributed by atoms with Crippen LogP contribution in [0.3, 0.4) is 0 Å². The zero-order valence-electron chi connectivity index (χ0n) is 12.1. The quantitative estimate of drug-likeness (QED) is 0.521. The Morgan fingerprint density at radius 3 is 2.58 bits per heavy atom. The summed E-state index contributed by atoms with van der Waals surface area (Å²) in [6, 6.07) is 12.2. The van der Waals surface area contributed by atoms with Gasteiger partial charge in [-0.1, -0.05) is 35.3 Å². The molecule has 7 heteroatoms. The summed E-state index contributed by atoms with van der Waals surface area (Å²) in [5.41, 5.74) is 1.81. The number of carboxylic acid groups (broad SMARTS) is 1. The fraction of sp³-hybridized carbons (Fsp3) is 0.0588. The summed E-state index contributed by atoms with van der Waals surface area (Å²) in [6.45, 7) is -0.430. The minimum atomic E-state index is -1.06. The summed E-state index contributed by atoms with van der Waals surface area (Å²) in [6.07, 6.45) is 1.69. The van der Waals surface area contributed by atoms with Crippen LogP contribution >= 0.6 is 39.1 Å². The second kappa shape index (κ2) is 8.20. The van der Waals surface area contributed by atoms with E-state index in [0.29, 0.717) is 31.4 Å². The Bertz CT molecular complexity index is 859. The SMILES string of the molecule is N#C/C(=C\c1ccc(OCC(=O)O)c(Br)c1)c1ccc(Cl)c(Cl)c1. The van der Waals surface area contributed by atoms with Crippen LogP contribution in [-0.2, 0) is 4.79 Å². The first-order chi connectivity index (χ1) is 11.4. The monoisotopic (exact) mass is 425 g/mol. The molecule has 0 radical (unpaired) electrons. The lowest BCUT2D eigenvalue weighted by Gasteiger charge is -2.07. The van der Waals surface area contributed by atoms with Gasteiger partial charge in [0.25, 0.3) is 0 Å². The third-order valence-corrected chi connectivity index (χ3v) is 4.33. The highest BCUT2D eigenvalue weighted by molar-refractivity contribution is 9.10. The molecule has 0 fully saturated rings. The van der Waals surface area contributed by atoms with Crippen molar-refractivity contribution < 1.29 is 14.6 Å². The molecule has 0 saturated carbocycles. The fourth-order valence-corrected chi connectivity index (χ4v) is 2.68. The predicted octanol–water partition coefficient (Wildman–Crippen LogP) is 5.28. The van der Waals surface area contributed by atoms with Gasteiger partial charge < -0.3 is 9.84 Å². The van der Waals surface area contributed by atoms with Crippen LogP contribution in [0.2, 0.25) is 10.0 Å². The highest BCUT2D eigenvalue weighted by atomic mass is 79.9. The number of carbonyl (C=O) groups is 1. The minimum absolute atomic E-state index is 0.369. The van der Waals surface area contributed by atoms with Crippen molar-refractivity contribution in [3.8, 4) is 11.8 Å². The van der Waals surface area contributed by atoms with Gasteiger partial charge in [0.05, 0.1) is 26.2 Å². The molecule has 0 amide bonds. The number of rotatable bonds is 5. The molecular formula is C17H10BrCl2NO3. The molecule has 0 aliphatic rings. The number of hydrogen-bond acceptors (Lipinski definition) is 3.